The predicted molar refractivity (Wildman–Crippen MR) is 129 cm³/mol. The fourth-order valence-electron chi connectivity index (χ4n) is 3.37. The summed E-state index contributed by atoms with van der Waals surface area (Å²) in [4.78, 5) is 24.0. The van der Waals surface area contributed by atoms with Crippen LogP contribution in [0.4, 0.5) is 0 Å². The van der Waals surface area contributed by atoms with Crippen molar-refractivity contribution in [1.29, 1.82) is 0 Å². The van der Waals surface area contributed by atoms with Crippen LogP contribution >= 0.6 is 0 Å². The van der Waals surface area contributed by atoms with E-state index in [-0.39, 0.29) is 13.2 Å². The second-order valence-corrected chi connectivity index (χ2v) is 6.70. The van der Waals surface area contributed by atoms with Gasteiger partial charge in [-0.15, -0.1) is 0 Å². The van der Waals surface area contributed by atoms with Crippen molar-refractivity contribution < 1.29 is 38.0 Å². The highest BCUT2D eigenvalue weighted by Gasteiger charge is 2.24. The van der Waals surface area contributed by atoms with Crippen molar-refractivity contribution >= 4 is 24.1 Å². The molecular weight excluding hydrogens is 440 g/mol. The summed E-state index contributed by atoms with van der Waals surface area (Å²) in [5.41, 5.74) is 2.40. The van der Waals surface area contributed by atoms with Gasteiger partial charge in [0.2, 0.25) is 0 Å². The first kappa shape index (κ1) is 26.3. The van der Waals surface area contributed by atoms with Crippen LogP contribution in [0.3, 0.4) is 0 Å². The van der Waals surface area contributed by atoms with E-state index in [0.29, 0.717) is 45.3 Å². The lowest BCUT2D eigenvalue weighted by Crippen LogP contribution is -2.02. The molecule has 2 rings (SSSR count). The Morgan fingerprint density at radius 2 is 1.03 bits per heavy atom. The second-order valence-electron chi connectivity index (χ2n) is 6.70. The van der Waals surface area contributed by atoms with Gasteiger partial charge in [0.25, 0.3) is 0 Å². The van der Waals surface area contributed by atoms with E-state index in [1.807, 2.05) is 0 Å². The van der Waals surface area contributed by atoms with Gasteiger partial charge in [-0.25, -0.2) is 9.59 Å². The number of carbonyl (C=O) groups excluding carboxylic acids is 2. The molecule has 0 bridgehead atoms. The van der Waals surface area contributed by atoms with Crippen LogP contribution in [0.5, 0.6) is 23.0 Å². The maximum absolute atomic E-state index is 12.0. The number of hydrogen-bond donors (Lipinski definition) is 0. The van der Waals surface area contributed by atoms with E-state index in [1.54, 1.807) is 50.3 Å². The lowest BCUT2D eigenvalue weighted by atomic mass is 9.92. The second kappa shape index (κ2) is 12.9. The van der Waals surface area contributed by atoms with Crippen molar-refractivity contribution in [1.82, 2.24) is 0 Å². The molecule has 2 aromatic carbocycles. The zero-order valence-electron chi connectivity index (χ0n) is 20.3. The molecule has 0 saturated heterocycles. The van der Waals surface area contributed by atoms with Crippen LogP contribution in [0, 0.1) is 0 Å². The number of esters is 2. The Hall–Kier alpha value is -3.94. The molecule has 0 aliphatic heterocycles. The third kappa shape index (κ3) is 6.10. The van der Waals surface area contributed by atoms with Crippen LogP contribution in [0.1, 0.15) is 25.0 Å². The van der Waals surface area contributed by atoms with Crippen LogP contribution in [0.25, 0.3) is 23.3 Å². The minimum Gasteiger partial charge on any atom is -0.493 e. The summed E-state index contributed by atoms with van der Waals surface area (Å²) in [6.07, 6.45) is 5.89. The van der Waals surface area contributed by atoms with E-state index >= 15 is 0 Å². The molecule has 0 radical (unpaired) electrons. The van der Waals surface area contributed by atoms with Crippen LogP contribution in [-0.4, -0.2) is 53.6 Å². The molecule has 0 aliphatic rings. The number of hydrogen-bond acceptors (Lipinski definition) is 8. The molecule has 8 heteroatoms. The highest BCUT2D eigenvalue weighted by atomic mass is 16.5. The summed E-state index contributed by atoms with van der Waals surface area (Å²) in [5.74, 6) is 0.787. The lowest BCUT2D eigenvalue weighted by Gasteiger charge is -2.21. The molecule has 182 valence electrons. The molecule has 0 fully saturated rings. The van der Waals surface area contributed by atoms with Crippen molar-refractivity contribution in [3.63, 3.8) is 0 Å². The van der Waals surface area contributed by atoms with E-state index in [9.17, 15) is 9.59 Å². The van der Waals surface area contributed by atoms with Gasteiger partial charge < -0.3 is 28.4 Å². The summed E-state index contributed by atoms with van der Waals surface area (Å²) < 4.78 is 32.5. The molecule has 0 aromatic heterocycles. The summed E-state index contributed by atoms with van der Waals surface area (Å²) in [7, 11) is 6.09. The normalized spacial score (nSPS) is 10.9. The smallest absolute Gasteiger partial charge is 0.330 e. The SMILES string of the molecule is CCOC(=O)/C=C/c1ccc(OC)c(OC)c1-c1c(/C=C/C(=O)OCC)ccc(OC)c1OC. The number of benzene rings is 2. The summed E-state index contributed by atoms with van der Waals surface area (Å²) in [5, 5.41) is 0. The largest absolute Gasteiger partial charge is 0.493 e. The first-order chi connectivity index (χ1) is 16.4. The van der Waals surface area contributed by atoms with Crippen LogP contribution < -0.4 is 18.9 Å². The molecule has 2 aromatic rings. The van der Waals surface area contributed by atoms with E-state index in [2.05, 4.69) is 0 Å². The van der Waals surface area contributed by atoms with Gasteiger partial charge in [-0.05, 0) is 49.3 Å². The predicted octanol–water partition coefficient (Wildman–Crippen LogP) is 4.54. The zero-order valence-corrected chi connectivity index (χ0v) is 20.3. The Bertz CT molecular complexity index is 983. The molecular formula is C26H30O8. The van der Waals surface area contributed by atoms with Crippen molar-refractivity contribution in [3.8, 4) is 34.1 Å². The van der Waals surface area contributed by atoms with Gasteiger partial charge in [0.1, 0.15) is 0 Å². The Morgan fingerprint density at radius 1 is 0.647 bits per heavy atom. The van der Waals surface area contributed by atoms with Crippen LogP contribution in [-0.2, 0) is 19.1 Å². The Balaban J connectivity index is 2.90. The highest BCUT2D eigenvalue weighted by molar-refractivity contribution is 5.96. The highest BCUT2D eigenvalue weighted by Crippen LogP contribution is 2.49. The van der Waals surface area contributed by atoms with Crippen molar-refractivity contribution in [2.24, 2.45) is 0 Å². The maximum Gasteiger partial charge on any atom is 0.330 e. The third-order valence-corrected chi connectivity index (χ3v) is 4.78. The maximum atomic E-state index is 12.0. The molecule has 8 nitrogen and oxygen atoms in total. The van der Waals surface area contributed by atoms with Gasteiger partial charge in [-0.3, -0.25) is 0 Å². The van der Waals surface area contributed by atoms with E-state index in [4.69, 9.17) is 28.4 Å². The lowest BCUT2D eigenvalue weighted by molar-refractivity contribution is -0.138. The first-order valence-corrected chi connectivity index (χ1v) is 10.7. The van der Waals surface area contributed by atoms with Crippen molar-refractivity contribution in [3.05, 3.63) is 47.5 Å². The van der Waals surface area contributed by atoms with Gasteiger partial charge in [0, 0.05) is 23.3 Å². The Morgan fingerprint density at radius 3 is 1.32 bits per heavy atom. The van der Waals surface area contributed by atoms with Gasteiger partial charge in [-0.2, -0.15) is 0 Å². The summed E-state index contributed by atoms with van der Waals surface area (Å²) in [6.45, 7) is 3.98. The Labute approximate surface area is 199 Å². The van der Waals surface area contributed by atoms with Gasteiger partial charge in [0.05, 0.1) is 41.7 Å². The van der Waals surface area contributed by atoms with Crippen molar-refractivity contribution in [2.75, 3.05) is 41.7 Å². The monoisotopic (exact) mass is 470 g/mol. The molecule has 0 spiro atoms. The van der Waals surface area contributed by atoms with E-state index < -0.39 is 11.9 Å². The minimum atomic E-state index is -0.483. The first-order valence-electron chi connectivity index (χ1n) is 10.7. The van der Waals surface area contributed by atoms with Crippen LogP contribution in [0.15, 0.2) is 36.4 Å². The molecule has 0 amide bonds. The zero-order chi connectivity index (χ0) is 25.1. The number of rotatable bonds is 11. The molecule has 0 aliphatic carbocycles. The number of carbonyl (C=O) groups is 2. The standard InChI is InChI=1S/C26H30O8/c1-7-33-21(27)15-11-17-9-13-19(29-3)25(31-5)23(17)24-18(12-16-22(28)34-8-2)10-14-20(30-4)26(24)32-6/h9-16H,7-8H2,1-6H3/b15-11+,16-12+. The van der Waals surface area contributed by atoms with Crippen molar-refractivity contribution in [2.45, 2.75) is 13.8 Å². The molecule has 0 heterocycles. The molecule has 0 N–H and O–H groups in total. The average Bonchev–Trinajstić information content (AvgIpc) is 2.85. The fourth-order valence-corrected chi connectivity index (χ4v) is 3.37. The van der Waals surface area contributed by atoms with E-state index in [0.717, 1.165) is 0 Å². The average molecular weight is 471 g/mol. The van der Waals surface area contributed by atoms with Gasteiger partial charge in [-0.1, -0.05) is 12.1 Å². The topological polar surface area (TPSA) is 89.5 Å². The van der Waals surface area contributed by atoms with Gasteiger partial charge in [0.15, 0.2) is 23.0 Å². The molecule has 0 atom stereocenters. The molecule has 0 saturated carbocycles. The van der Waals surface area contributed by atoms with Gasteiger partial charge >= 0.3 is 11.9 Å². The fraction of sp³-hybridized carbons (Fsp3) is 0.308. The number of ether oxygens (including phenoxy) is 6. The third-order valence-electron chi connectivity index (χ3n) is 4.78. The summed E-state index contributed by atoms with van der Waals surface area (Å²) in [6, 6.07) is 7.02. The minimum absolute atomic E-state index is 0.258. The van der Waals surface area contributed by atoms with E-state index in [1.165, 1.54) is 40.6 Å². The quantitative estimate of drug-likeness (QED) is 0.349. The summed E-state index contributed by atoms with van der Waals surface area (Å²) >= 11 is 0. The molecule has 34 heavy (non-hydrogen) atoms. The molecule has 0 unspecified atom stereocenters. The van der Waals surface area contributed by atoms with Crippen LogP contribution in [0.2, 0.25) is 0 Å². The number of methoxy groups -OCH3 is 4. The Kier molecular flexibility index (Phi) is 10.0.